The van der Waals surface area contributed by atoms with Crippen molar-refractivity contribution in [2.75, 3.05) is 32.8 Å². The zero-order chi connectivity index (χ0) is 42.6. The number of esters is 1. The summed E-state index contributed by atoms with van der Waals surface area (Å²) in [6.07, 6.45) is -2.59. The number of nitrogens with zero attached hydrogens (tertiary/aromatic N) is 4. The maximum absolute atomic E-state index is 14.3. The standard InChI is InChI=1S/C41H46F8N4O5/c1-37(2,3)58-35(55)33-25(7-6-8-29(33)24-9-11-40(45,46)12-10-24)19-57-20-28-18-51(21-39(28)22-52(23-39)36(56)38(4,5)41(47,48)49)34(54)27-15-50-53(17-27)16-26-13-31(43)32(44)14-30(26)42/h6-8,13-15,17,24,28H,9-12,16,18-23H2,1-5H3/t28-/m0/s1. The molecule has 1 saturated carbocycles. The highest BCUT2D eigenvalue weighted by Gasteiger charge is 2.61. The maximum Gasteiger partial charge on any atom is 0.402 e. The van der Waals surface area contributed by atoms with E-state index in [1.54, 1.807) is 39.0 Å². The first kappa shape index (κ1) is 43.0. The van der Waals surface area contributed by atoms with E-state index in [1.807, 2.05) is 0 Å². The molecule has 0 radical (unpaired) electrons. The first-order valence-electron chi connectivity index (χ1n) is 19.0. The van der Waals surface area contributed by atoms with Crippen LogP contribution in [0.15, 0.2) is 42.7 Å². The average Bonchev–Trinajstić information content (AvgIpc) is 3.73. The summed E-state index contributed by atoms with van der Waals surface area (Å²) < 4.78 is 124. The maximum atomic E-state index is 14.3. The Labute approximate surface area is 330 Å². The Hall–Kier alpha value is -4.54. The van der Waals surface area contributed by atoms with Crippen LogP contribution in [0.1, 0.15) is 104 Å². The number of hydrogen-bond acceptors (Lipinski definition) is 6. The number of carbonyl (C=O) groups is 3. The second-order valence-electron chi connectivity index (χ2n) is 17.3. The lowest BCUT2D eigenvalue weighted by Crippen LogP contribution is -2.66. The van der Waals surface area contributed by atoms with Gasteiger partial charge in [-0.05, 0) is 70.6 Å². The van der Waals surface area contributed by atoms with Crippen LogP contribution >= 0.6 is 0 Å². The quantitative estimate of drug-likeness (QED) is 0.116. The molecule has 9 nitrogen and oxygen atoms in total. The van der Waals surface area contributed by atoms with Crippen LogP contribution in [0.25, 0.3) is 0 Å². The van der Waals surface area contributed by atoms with Gasteiger partial charge in [0.25, 0.3) is 5.91 Å². The minimum absolute atomic E-state index is 0.0310. The van der Waals surface area contributed by atoms with Crippen molar-refractivity contribution in [3.8, 4) is 0 Å². The number of likely N-dealkylation sites (tertiary alicyclic amines) is 2. The van der Waals surface area contributed by atoms with Crippen LogP contribution in [0.5, 0.6) is 0 Å². The van der Waals surface area contributed by atoms with E-state index >= 15 is 0 Å². The van der Waals surface area contributed by atoms with Crippen molar-refractivity contribution in [3.63, 3.8) is 0 Å². The Morgan fingerprint density at radius 2 is 1.52 bits per heavy atom. The van der Waals surface area contributed by atoms with Crippen molar-refractivity contribution >= 4 is 17.8 Å². The van der Waals surface area contributed by atoms with Crippen LogP contribution in [0, 0.1) is 34.2 Å². The van der Waals surface area contributed by atoms with Crippen LogP contribution in [0.3, 0.4) is 0 Å². The predicted molar refractivity (Wildman–Crippen MR) is 193 cm³/mol. The molecule has 1 aliphatic carbocycles. The average molecular weight is 827 g/mol. The largest absolute Gasteiger partial charge is 0.456 e. The number of halogens is 8. The van der Waals surface area contributed by atoms with E-state index in [2.05, 4.69) is 5.10 Å². The highest BCUT2D eigenvalue weighted by molar-refractivity contribution is 5.94. The Balaban J connectivity index is 1.22. The Morgan fingerprint density at radius 1 is 0.879 bits per heavy atom. The molecule has 1 aromatic heterocycles. The Kier molecular flexibility index (Phi) is 11.6. The molecule has 17 heteroatoms. The van der Waals surface area contributed by atoms with Gasteiger partial charge in [0.2, 0.25) is 11.8 Å². The molecular formula is C41H46F8N4O5. The topological polar surface area (TPSA) is 94.0 Å². The fourth-order valence-corrected chi connectivity index (χ4v) is 8.07. The molecule has 3 heterocycles. The number of ether oxygens (including phenoxy) is 2. The molecule has 6 rings (SSSR count). The minimum atomic E-state index is -4.81. The van der Waals surface area contributed by atoms with Crippen molar-refractivity contribution in [1.29, 1.82) is 0 Å². The van der Waals surface area contributed by atoms with Gasteiger partial charge in [-0.25, -0.2) is 26.7 Å². The van der Waals surface area contributed by atoms with Gasteiger partial charge in [-0.1, -0.05) is 18.2 Å². The fourth-order valence-electron chi connectivity index (χ4n) is 8.07. The smallest absolute Gasteiger partial charge is 0.402 e. The molecule has 316 valence electrons. The molecule has 1 spiro atoms. The van der Waals surface area contributed by atoms with E-state index in [1.165, 1.54) is 22.0 Å². The first-order valence-corrected chi connectivity index (χ1v) is 19.0. The Bertz CT molecular complexity index is 2040. The molecular weight excluding hydrogens is 780 g/mol. The SMILES string of the molecule is CC(C)(C)OC(=O)c1c(COC[C@@H]2CN(C(=O)c3cnn(Cc4cc(F)c(F)cc4F)c3)CC23CN(C(=O)C(C)(C)C(F)(F)F)C3)cccc1C1CCC(F)(F)CC1. The molecule has 3 aliphatic rings. The van der Waals surface area contributed by atoms with E-state index in [0.29, 0.717) is 23.3 Å². The molecule has 0 N–H and O–H groups in total. The van der Waals surface area contributed by atoms with E-state index in [9.17, 15) is 49.5 Å². The highest BCUT2D eigenvalue weighted by atomic mass is 19.4. The van der Waals surface area contributed by atoms with E-state index in [0.717, 1.165) is 18.7 Å². The summed E-state index contributed by atoms with van der Waals surface area (Å²) in [5.74, 6) is -9.48. The molecule has 3 aromatic rings. The summed E-state index contributed by atoms with van der Waals surface area (Å²) in [6.45, 7) is 6.20. The van der Waals surface area contributed by atoms with E-state index < -0.39 is 69.7 Å². The van der Waals surface area contributed by atoms with Crippen LogP contribution in [0.2, 0.25) is 0 Å². The van der Waals surface area contributed by atoms with Gasteiger partial charge in [-0.3, -0.25) is 14.3 Å². The number of amides is 2. The zero-order valence-corrected chi connectivity index (χ0v) is 32.8. The van der Waals surface area contributed by atoms with Crippen molar-refractivity contribution in [3.05, 3.63) is 88.0 Å². The third-order valence-electron chi connectivity index (χ3n) is 11.5. The number of aromatic nitrogens is 2. The highest BCUT2D eigenvalue weighted by Crippen LogP contribution is 2.48. The number of alkyl halides is 5. The third kappa shape index (κ3) is 8.88. The predicted octanol–water partition coefficient (Wildman–Crippen LogP) is 8.30. The molecule has 2 aliphatic heterocycles. The van der Waals surface area contributed by atoms with E-state index in [4.69, 9.17) is 9.47 Å². The molecule has 3 fully saturated rings. The van der Waals surface area contributed by atoms with Gasteiger partial charge < -0.3 is 19.3 Å². The van der Waals surface area contributed by atoms with Crippen LogP contribution in [-0.4, -0.2) is 87.8 Å². The van der Waals surface area contributed by atoms with Crippen LogP contribution in [-0.2, 0) is 27.4 Å². The summed E-state index contributed by atoms with van der Waals surface area (Å²) in [4.78, 5) is 43.2. The van der Waals surface area contributed by atoms with Gasteiger partial charge in [0.1, 0.15) is 16.8 Å². The summed E-state index contributed by atoms with van der Waals surface area (Å²) in [7, 11) is 0. The molecule has 58 heavy (non-hydrogen) atoms. The number of benzene rings is 2. The second-order valence-corrected chi connectivity index (χ2v) is 17.3. The molecule has 2 saturated heterocycles. The lowest BCUT2D eigenvalue weighted by atomic mass is 9.70. The molecule has 0 unspecified atom stereocenters. The van der Waals surface area contributed by atoms with Gasteiger partial charge in [0.05, 0.1) is 37.1 Å². The first-order chi connectivity index (χ1) is 26.9. The van der Waals surface area contributed by atoms with E-state index in [-0.39, 0.29) is 94.2 Å². The van der Waals surface area contributed by atoms with Gasteiger partial charge in [-0.15, -0.1) is 0 Å². The number of carbonyl (C=O) groups excluding carboxylic acids is 3. The third-order valence-corrected chi connectivity index (χ3v) is 11.5. The van der Waals surface area contributed by atoms with Gasteiger partial charge in [0.15, 0.2) is 11.6 Å². The summed E-state index contributed by atoms with van der Waals surface area (Å²) >= 11 is 0. The van der Waals surface area contributed by atoms with Crippen LogP contribution in [0.4, 0.5) is 35.1 Å². The number of rotatable bonds is 10. The lowest BCUT2D eigenvalue weighted by Gasteiger charge is -2.52. The lowest BCUT2D eigenvalue weighted by molar-refractivity contribution is -0.223. The molecule has 2 amide bonds. The van der Waals surface area contributed by atoms with Gasteiger partial charge in [0, 0.05) is 68.2 Å². The molecule has 1 atom stereocenters. The monoisotopic (exact) mass is 826 g/mol. The second kappa shape index (κ2) is 15.6. The molecule has 2 aromatic carbocycles. The fraction of sp³-hybridized carbons (Fsp3) is 0.561. The van der Waals surface area contributed by atoms with Gasteiger partial charge in [-0.2, -0.15) is 18.3 Å². The van der Waals surface area contributed by atoms with Crippen molar-refractivity contribution in [1.82, 2.24) is 19.6 Å². The van der Waals surface area contributed by atoms with Crippen LogP contribution < -0.4 is 0 Å². The summed E-state index contributed by atoms with van der Waals surface area (Å²) in [5.41, 5.74) is -3.27. The molecule has 0 bridgehead atoms. The minimum Gasteiger partial charge on any atom is -0.456 e. The van der Waals surface area contributed by atoms with Crippen molar-refractivity contribution < 1.29 is 59.0 Å². The zero-order valence-electron chi connectivity index (χ0n) is 32.8. The van der Waals surface area contributed by atoms with Crippen molar-refractivity contribution in [2.45, 2.75) is 97.1 Å². The summed E-state index contributed by atoms with van der Waals surface area (Å²) in [5, 5.41) is 4.07. The normalized spacial score (nSPS) is 19.7. The Morgan fingerprint density at radius 3 is 2.16 bits per heavy atom. The van der Waals surface area contributed by atoms with Gasteiger partial charge >= 0.3 is 12.1 Å². The summed E-state index contributed by atoms with van der Waals surface area (Å²) in [6, 6.07) is 6.21. The number of hydrogen-bond donors (Lipinski definition) is 0. The van der Waals surface area contributed by atoms with Crippen molar-refractivity contribution in [2.24, 2.45) is 16.7 Å².